The van der Waals surface area contributed by atoms with Crippen molar-refractivity contribution in [2.24, 2.45) is 0 Å². The number of hydrogen-bond acceptors (Lipinski definition) is 3. The zero-order chi connectivity index (χ0) is 14.5. The van der Waals surface area contributed by atoms with Crippen LogP contribution in [0.2, 0.25) is 10.0 Å². The molecule has 0 aromatic heterocycles. The smallest absolute Gasteiger partial charge is 0.409 e. The van der Waals surface area contributed by atoms with Crippen molar-refractivity contribution in [2.45, 2.75) is 12.8 Å². The lowest BCUT2D eigenvalue weighted by atomic mass is 10.3. The van der Waals surface area contributed by atoms with Crippen LogP contribution in [0.15, 0.2) is 18.2 Å². The van der Waals surface area contributed by atoms with Gasteiger partial charge >= 0.3 is 6.09 Å². The number of nitrogens with one attached hydrogen (secondary N) is 1. The van der Waals surface area contributed by atoms with Crippen molar-refractivity contribution in [1.82, 2.24) is 4.90 Å². The third-order valence-corrected chi connectivity index (χ3v) is 3.61. The minimum Gasteiger partial charge on any atom is -0.449 e. The van der Waals surface area contributed by atoms with Crippen molar-refractivity contribution in [3.63, 3.8) is 0 Å². The summed E-state index contributed by atoms with van der Waals surface area (Å²) in [5, 5.41) is 3.51. The Balaban J connectivity index is 1.83. The molecule has 1 aromatic carbocycles. The molecule has 2 rings (SSSR count). The molecule has 0 spiro atoms. The van der Waals surface area contributed by atoms with Gasteiger partial charge in [-0.15, -0.1) is 0 Å². The van der Waals surface area contributed by atoms with E-state index in [0.29, 0.717) is 35.4 Å². The summed E-state index contributed by atoms with van der Waals surface area (Å²) in [4.78, 5) is 24.7. The average molecular weight is 317 g/mol. The lowest BCUT2D eigenvalue weighted by Crippen LogP contribution is -2.39. The van der Waals surface area contributed by atoms with Gasteiger partial charge in [0, 0.05) is 25.2 Å². The molecule has 2 amide bonds. The van der Waals surface area contributed by atoms with Crippen molar-refractivity contribution in [3.05, 3.63) is 28.2 Å². The number of hydrogen-bond donors (Lipinski definition) is 1. The van der Waals surface area contributed by atoms with Crippen molar-refractivity contribution in [3.8, 4) is 0 Å². The van der Waals surface area contributed by atoms with E-state index in [1.165, 1.54) is 4.90 Å². The van der Waals surface area contributed by atoms with Gasteiger partial charge in [0.2, 0.25) is 5.91 Å². The Morgan fingerprint density at radius 2 is 2.15 bits per heavy atom. The Hall–Kier alpha value is -1.46. The predicted octanol–water partition coefficient (Wildman–Crippen LogP) is 3.16. The molecule has 20 heavy (non-hydrogen) atoms. The monoisotopic (exact) mass is 316 g/mol. The second kappa shape index (κ2) is 6.81. The van der Waals surface area contributed by atoms with Crippen molar-refractivity contribution in [2.75, 3.05) is 25.0 Å². The zero-order valence-corrected chi connectivity index (χ0v) is 12.2. The van der Waals surface area contributed by atoms with Crippen LogP contribution in [-0.4, -0.2) is 36.6 Å². The summed E-state index contributed by atoms with van der Waals surface area (Å²) in [6.07, 6.45) is 0.633. The highest BCUT2D eigenvalue weighted by molar-refractivity contribution is 6.42. The molecule has 1 aliphatic heterocycles. The van der Waals surface area contributed by atoms with Gasteiger partial charge in [0.1, 0.15) is 0 Å². The van der Waals surface area contributed by atoms with E-state index in [1.807, 2.05) is 0 Å². The van der Waals surface area contributed by atoms with E-state index in [0.717, 1.165) is 6.42 Å². The first kappa shape index (κ1) is 14.9. The third kappa shape index (κ3) is 4.02. The van der Waals surface area contributed by atoms with E-state index in [4.69, 9.17) is 27.9 Å². The van der Waals surface area contributed by atoms with E-state index in [1.54, 1.807) is 18.2 Å². The number of nitrogens with zero attached hydrogens (tertiary/aromatic N) is 1. The number of anilines is 1. The Morgan fingerprint density at radius 3 is 2.85 bits per heavy atom. The number of ether oxygens (including phenoxy) is 1. The lowest BCUT2D eigenvalue weighted by molar-refractivity contribution is -0.116. The number of rotatable bonds is 4. The van der Waals surface area contributed by atoms with E-state index in [-0.39, 0.29) is 18.4 Å². The summed E-state index contributed by atoms with van der Waals surface area (Å²) >= 11 is 11.7. The minimum absolute atomic E-state index is 0.193. The molecule has 0 bridgehead atoms. The first-order valence-electron chi connectivity index (χ1n) is 6.23. The number of carbonyl (C=O) groups excluding carboxylic acids is 2. The highest BCUT2D eigenvalue weighted by Gasteiger charge is 2.19. The summed E-state index contributed by atoms with van der Waals surface area (Å²) in [5.74, 6) is -0.193. The van der Waals surface area contributed by atoms with Gasteiger partial charge in [-0.1, -0.05) is 23.2 Å². The quantitative estimate of drug-likeness (QED) is 0.928. The maximum absolute atomic E-state index is 11.8. The molecule has 1 aliphatic rings. The molecule has 1 heterocycles. The maximum atomic E-state index is 11.8. The first-order chi connectivity index (χ1) is 9.56. The van der Waals surface area contributed by atoms with E-state index >= 15 is 0 Å². The number of cyclic esters (lactones) is 1. The molecule has 1 saturated heterocycles. The van der Waals surface area contributed by atoms with Crippen LogP contribution in [0, 0.1) is 0 Å². The topological polar surface area (TPSA) is 58.6 Å². The Labute approximate surface area is 126 Å². The Kier molecular flexibility index (Phi) is 5.09. The molecule has 1 aromatic rings. The Morgan fingerprint density at radius 1 is 1.35 bits per heavy atom. The van der Waals surface area contributed by atoms with Gasteiger partial charge in [-0.25, -0.2) is 4.79 Å². The number of halogens is 2. The van der Waals surface area contributed by atoms with Crippen LogP contribution < -0.4 is 5.32 Å². The fourth-order valence-electron chi connectivity index (χ4n) is 1.83. The van der Waals surface area contributed by atoms with Crippen molar-refractivity contribution in [1.29, 1.82) is 0 Å². The summed E-state index contributed by atoms with van der Waals surface area (Å²) in [6, 6.07) is 4.86. The van der Waals surface area contributed by atoms with Gasteiger partial charge in [0.05, 0.1) is 16.7 Å². The SMILES string of the molecule is O=C(CCN1CCCOC1=O)Nc1ccc(Cl)c(Cl)c1. The number of amides is 2. The second-order valence-corrected chi connectivity index (χ2v) is 5.20. The van der Waals surface area contributed by atoms with E-state index in [2.05, 4.69) is 5.32 Å². The van der Waals surface area contributed by atoms with Crippen molar-refractivity contribution < 1.29 is 14.3 Å². The predicted molar refractivity (Wildman–Crippen MR) is 77.2 cm³/mol. The largest absolute Gasteiger partial charge is 0.449 e. The van der Waals surface area contributed by atoms with Gasteiger partial charge in [0.25, 0.3) is 0 Å². The maximum Gasteiger partial charge on any atom is 0.409 e. The molecule has 0 atom stereocenters. The lowest BCUT2D eigenvalue weighted by Gasteiger charge is -2.25. The summed E-state index contributed by atoms with van der Waals surface area (Å²) in [7, 11) is 0. The molecule has 0 unspecified atom stereocenters. The van der Waals surface area contributed by atoms with Gasteiger partial charge in [-0.2, -0.15) is 0 Å². The van der Waals surface area contributed by atoms with E-state index in [9.17, 15) is 9.59 Å². The normalized spacial score (nSPS) is 14.9. The van der Waals surface area contributed by atoms with E-state index < -0.39 is 0 Å². The number of carbonyl (C=O) groups is 2. The van der Waals surface area contributed by atoms with Crippen LogP contribution in [0.25, 0.3) is 0 Å². The van der Waals surface area contributed by atoms with Gasteiger partial charge in [0.15, 0.2) is 0 Å². The molecule has 0 radical (unpaired) electrons. The van der Waals surface area contributed by atoms with Gasteiger partial charge in [-0.3, -0.25) is 4.79 Å². The molecular formula is C13H14Cl2N2O3. The average Bonchev–Trinajstić information content (AvgIpc) is 2.42. The first-order valence-corrected chi connectivity index (χ1v) is 6.98. The van der Waals surface area contributed by atoms with Crippen LogP contribution in [0.4, 0.5) is 10.5 Å². The van der Waals surface area contributed by atoms with Crippen LogP contribution in [0.3, 0.4) is 0 Å². The summed E-state index contributed by atoms with van der Waals surface area (Å²) in [5.41, 5.74) is 0.575. The van der Waals surface area contributed by atoms with Gasteiger partial charge < -0.3 is 15.0 Å². The van der Waals surface area contributed by atoms with Crippen LogP contribution in [0.5, 0.6) is 0 Å². The number of benzene rings is 1. The molecule has 0 aliphatic carbocycles. The summed E-state index contributed by atoms with van der Waals surface area (Å²) < 4.78 is 4.89. The minimum atomic E-state index is -0.362. The standard InChI is InChI=1S/C13H14Cl2N2O3/c14-10-3-2-9(8-11(10)15)16-12(18)4-6-17-5-1-7-20-13(17)19/h2-3,8H,1,4-7H2,(H,16,18). The van der Waals surface area contributed by atoms with Gasteiger partial charge in [-0.05, 0) is 24.6 Å². The molecular weight excluding hydrogens is 303 g/mol. The Bertz CT molecular complexity index is 522. The third-order valence-electron chi connectivity index (χ3n) is 2.87. The fourth-order valence-corrected chi connectivity index (χ4v) is 2.13. The molecule has 0 saturated carbocycles. The molecule has 1 N–H and O–H groups in total. The zero-order valence-electron chi connectivity index (χ0n) is 10.7. The highest BCUT2D eigenvalue weighted by atomic mass is 35.5. The molecule has 108 valence electrons. The highest BCUT2D eigenvalue weighted by Crippen LogP contribution is 2.25. The van der Waals surface area contributed by atoms with Crippen LogP contribution in [0.1, 0.15) is 12.8 Å². The van der Waals surface area contributed by atoms with Crippen LogP contribution >= 0.6 is 23.2 Å². The summed E-state index contributed by atoms with van der Waals surface area (Å²) in [6.45, 7) is 1.41. The van der Waals surface area contributed by atoms with Crippen molar-refractivity contribution >= 4 is 40.9 Å². The second-order valence-electron chi connectivity index (χ2n) is 4.38. The fraction of sp³-hybridized carbons (Fsp3) is 0.385. The van der Waals surface area contributed by atoms with Crippen LogP contribution in [-0.2, 0) is 9.53 Å². The molecule has 5 nitrogen and oxygen atoms in total. The molecule has 7 heteroatoms. The molecule has 1 fully saturated rings.